The Morgan fingerprint density at radius 1 is 1.08 bits per heavy atom. The summed E-state index contributed by atoms with van der Waals surface area (Å²) in [5, 5.41) is 13.9. The molecule has 2 aromatic carbocycles. The van der Waals surface area contributed by atoms with Crippen LogP contribution >= 0.6 is 0 Å². The van der Waals surface area contributed by atoms with Crippen LogP contribution in [0, 0.1) is 16.0 Å². The highest BCUT2D eigenvalue weighted by atomic mass is 16.6. The quantitative estimate of drug-likeness (QED) is 0.0782. The Balaban J connectivity index is 1.59. The smallest absolute Gasteiger partial charge is 0.338 e. The Morgan fingerprint density at radius 3 is 2.39 bits per heavy atom. The van der Waals surface area contributed by atoms with Gasteiger partial charge in [0.05, 0.1) is 30.7 Å². The van der Waals surface area contributed by atoms with Crippen LogP contribution in [0.4, 0.5) is 10.5 Å². The van der Waals surface area contributed by atoms with Crippen molar-refractivity contribution in [1.29, 1.82) is 0 Å². The number of hydrogen-bond acceptors (Lipinski definition) is 9. The third-order valence-electron chi connectivity index (χ3n) is 8.82. The maximum absolute atomic E-state index is 14.4. The first kappa shape index (κ1) is 36.6. The second-order valence-electron chi connectivity index (χ2n) is 12.2. The molecule has 0 bridgehead atoms. The standard InChI is InChI=1S/C36H44N4O9/c1-5-8-9-10-11-20-38(23-25-12-18-29(47-4)19-13-25)35(44)39-24-30(49-33(42)26-14-16-28(17-15-26)40(45)46)21-31(39)32(41)37-36(22-27(36)6-2)34(43)48-7-3/h5-6,12-19,27,30-31H,1-2,7-11,20-24H2,3-4H3,(H,37,41). The Kier molecular flexibility index (Phi) is 12.5. The van der Waals surface area contributed by atoms with Gasteiger partial charge in [-0.2, -0.15) is 0 Å². The number of likely N-dealkylation sites (tertiary alicyclic amines) is 1. The van der Waals surface area contributed by atoms with Crippen LogP contribution in [-0.4, -0.2) is 83.1 Å². The van der Waals surface area contributed by atoms with E-state index in [1.165, 1.54) is 29.2 Å². The number of unbranched alkanes of at least 4 members (excludes halogenated alkanes) is 3. The summed E-state index contributed by atoms with van der Waals surface area (Å²) in [5.74, 6) is -1.56. The number of hydrogen-bond donors (Lipinski definition) is 1. The normalized spacial score (nSPS) is 20.9. The molecule has 13 heteroatoms. The van der Waals surface area contributed by atoms with Gasteiger partial charge in [-0.1, -0.05) is 30.7 Å². The lowest BCUT2D eigenvalue weighted by atomic mass is 10.1. The molecule has 13 nitrogen and oxygen atoms in total. The highest BCUT2D eigenvalue weighted by molar-refractivity contribution is 5.95. The zero-order valence-electron chi connectivity index (χ0n) is 28.0. The first-order chi connectivity index (χ1) is 23.6. The van der Waals surface area contributed by atoms with Crippen LogP contribution in [0.25, 0.3) is 0 Å². The van der Waals surface area contributed by atoms with Gasteiger partial charge in [-0.3, -0.25) is 14.9 Å². The maximum atomic E-state index is 14.4. The highest BCUT2D eigenvalue weighted by Crippen LogP contribution is 2.45. The fourth-order valence-corrected chi connectivity index (χ4v) is 5.99. The van der Waals surface area contributed by atoms with Gasteiger partial charge in [0.15, 0.2) is 0 Å². The van der Waals surface area contributed by atoms with Crippen LogP contribution < -0.4 is 10.1 Å². The Labute approximate surface area is 286 Å². The molecule has 0 aromatic heterocycles. The molecule has 1 saturated carbocycles. The van der Waals surface area contributed by atoms with Crippen LogP contribution in [0.15, 0.2) is 73.8 Å². The number of esters is 2. The van der Waals surface area contributed by atoms with Gasteiger partial charge in [-0.15, -0.1) is 13.2 Å². The number of methoxy groups -OCH3 is 1. The highest BCUT2D eigenvalue weighted by Gasteiger charge is 2.62. The predicted molar refractivity (Wildman–Crippen MR) is 181 cm³/mol. The summed E-state index contributed by atoms with van der Waals surface area (Å²) in [6, 6.07) is 10.8. The lowest BCUT2D eigenvalue weighted by molar-refractivity contribution is -0.384. The fourth-order valence-electron chi connectivity index (χ4n) is 5.99. The molecular weight excluding hydrogens is 632 g/mol. The van der Waals surface area contributed by atoms with Gasteiger partial charge in [0.1, 0.15) is 23.4 Å². The molecule has 2 aromatic rings. The molecule has 3 amide bonds. The van der Waals surface area contributed by atoms with Gasteiger partial charge in [-0.05, 0) is 62.4 Å². The van der Waals surface area contributed by atoms with E-state index in [1.807, 2.05) is 30.3 Å². The van der Waals surface area contributed by atoms with Crippen LogP contribution in [0.3, 0.4) is 0 Å². The number of nitro groups is 1. The number of rotatable bonds is 17. The number of benzene rings is 2. The summed E-state index contributed by atoms with van der Waals surface area (Å²) in [6.07, 6.45) is 6.22. The van der Waals surface area contributed by atoms with E-state index in [0.717, 1.165) is 24.8 Å². The van der Waals surface area contributed by atoms with E-state index in [9.17, 15) is 29.3 Å². The third-order valence-corrected chi connectivity index (χ3v) is 8.82. The number of allylic oxidation sites excluding steroid dienone is 1. The zero-order valence-corrected chi connectivity index (χ0v) is 28.0. The average molecular weight is 677 g/mol. The molecule has 1 heterocycles. The van der Waals surface area contributed by atoms with Crippen LogP contribution in [0.1, 0.15) is 61.4 Å². The second-order valence-corrected chi connectivity index (χ2v) is 12.2. The van der Waals surface area contributed by atoms with Crippen molar-refractivity contribution in [2.75, 3.05) is 26.8 Å². The minimum absolute atomic E-state index is 0.0241. The Morgan fingerprint density at radius 2 is 1.80 bits per heavy atom. The molecule has 262 valence electrons. The average Bonchev–Trinajstić information content (AvgIpc) is 3.66. The van der Waals surface area contributed by atoms with E-state index in [-0.39, 0.29) is 43.3 Å². The van der Waals surface area contributed by atoms with Gasteiger partial charge in [-0.25, -0.2) is 14.4 Å². The minimum Gasteiger partial charge on any atom is -0.497 e. The van der Waals surface area contributed by atoms with E-state index in [4.69, 9.17) is 14.2 Å². The van der Waals surface area contributed by atoms with Crippen molar-refractivity contribution >= 4 is 29.6 Å². The summed E-state index contributed by atoms with van der Waals surface area (Å²) in [7, 11) is 1.57. The molecule has 4 rings (SSSR count). The van der Waals surface area contributed by atoms with Gasteiger partial charge in [0, 0.05) is 37.6 Å². The lowest BCUT2D eigenvalue weighted by Gasteiger charge is -2.32. The first-order valence-corrected chi connectivity index (χ1v) is 16.4. The maximum Gasteiger partial charge on any atom is 0.338 e. The molecule has 0 spiro atoms. The van der Waals surface area contributed by atoms with Crippen molar-refractivity contribution in [2.24, 2.45) is 5.92 Å². The summed E-state index contributed by atoms with van der Waals surface area (Å²) in [4.78, 5) is 67.9. The molecule has 1 aliphatic carbocycles. The molecular formula is C36H44N4O9. The fraction of sp³-hybridized carbons (Fsp3) is 0.444. The van der Waals surface area contributed by atoms with Crippen molar-refractivity contribution in [3.05, 3.63) is 95.1 Å². The predicted octanol–water partition coefficient (Wildman–Crippen LogP) is 5.20. The Hall–Kier alpha value is -5.20. The van der Waals surface area contributed by atoms with Crippen molar-refractivity contribution in [2.45, 2.75) is 69.7 Å². The number of amides is 3. The number of nitrogens with one attached hydrogen (secondary N) is 1. The largest absolute Gasteiger partial charge is 0.497 e. The van der Waals surface area contributed by atoms with Crippen molar-refractivity contribution in [3.8, 4) is 5.75 Å². The number of nitro benzene ring substituents is 1. The van der Waals surface area contributed by atoms with Crippen LogP contribution in [0.2, 0.25) is 0 Å². The lowest BCUT2D eigenvalue weighted by Crippen LogP contribution is -2.55. The molecule has 4 unspecified atom stereocenters. The van der Waals surface area contributed by atoms with Crippen molar-refractivity contribution in [1.82, 2.24) is 15.1 Å². The number of nitrogens with zero attached hydrogens (tertiary/aromatic N) is 3. The van der Waals surface area contributed by atoms with Crippen molar-refractivity contribution < 1.29 is 38.3 Å². The topological polar surface area (TPSA) is 158 Å². The van der Waals surface area contributed by atoms with E-state index in [1.54, 1.807) is 25.0 Å². The third kappa shape index (κ3) is 9.04. The van der Waals surface area contributed by atoms with Gasteiger partial charge in [0.2, 0.25) is 5.91 Å². The van der Waals surface area contributed by atoms with Gasteiger partial charge >= 0.3 is 18.0 Å². The zero-order chi connectivity index (χ0) is 35.6. The number of non-ortho nitro benzene ring substituents is 1. The van der Waals surface area contributed by atoms with E-state index in [0.29, 0.717) is 25.1 Å². The number of carbonyl (C=O) groups is 4. The molecule has 4 atom stereocenters. The molecule has 2 fully saturated rings. The number of urea groups is 1. The summed E-state index contributed by atoms with van der Waals surface area (Å²) >= 11 is 0. The summed E-state index contributed by atoms with van der Waals surface area (Å²) < 4.78 is 16.3. The van der Waals surface area contributed by atoms with Crippen LogP contribution in [-0.2, 0) is 25.6 Å². The van der Waals surface area contributed by atoms with E-state index in [2.05, 4.69) is 18.5 Å². The summed E-state index contributed by atoms with van der Waals surface area (Å²) in [6.45, 7) is 9.94. The van der Waals surface area contributed by atoms with Crippen molar-refractivity contribution in [3.63, 3.8) is 0 Å². The molecule has 1 N–H and O–H groups in total. The molecule has 49 heavy (non-hydrogen) atoms. The van der Waals surface area contributed by atoms with E-state index >= 15 is 0 Å². The SMILES string of the molecule is C=CCCCCCN(Cc1ccc(OC)cc1)C(=O)N1CC(OC(=O)c2ccc([N+](=O)[O-])cc2)CC1C(=O)NC1(C(=O)OCC)CC1C=C. The van der Waals surface area contributed by atoms with Gasteiger partial charge < -0.3 is 29.3 Å². The first-order valence-electron chi connectivity index (χ1n) is 16.4. The Bertz CT molecular complexity index is 1530. The summed E-state index contributed by atoms with van der Waals surface area (Å²) in [5.41, 5.74) is -0.522. The van der Waals surface area contributed by atoms with Crippen LogP contribution in [0.5, 0.6) is 5.75 Å². The molecule has 0 radical (unpaired) electrons. The monoisotopic (exact) mass is 676 g/mol. The minimum atomic E-state index is -1.29. The molecule has 1 aliphatic heterocycles. The number of carbonyl (C=O) groups excluding carboxylic acids is 4. The number of ether oxygens (including phenoxy) is 3. The molecule has 1 saturated heterocycles. The van der Waals surface area contributed by atoms with E-state index < -0.39 is 46.5 Å². The second kappa shape index (κ2) is 16.8. The molecule has 2 aliphatic rings. The van der Waals surface area contributed by atoms with Gasteiger partial charge in [0.25, 0.3) is 5.69 Å².